The summed E-state index contributed by atoms with van der Waals surface area (Å²) in [4.78, 5) is 0. The highest BCUT2D eigenvalue weighted by atomic mass is 16.5. The van der Waals surface area contributed by atoms with Crippen LogP contribution in [0.25, 0.3) is 0 Å². The van der Waals surface area contributed by atoms with Crippen molar-refractivity contribution in [1.82, 2.24) is 20.3 Å². The van der Waals surface area contributed by atoms with Crippen LogP contribution in [0.4, 0.5) is 0 Å². The van der Waals surface area contributed by atoms with Crippen LogP contribution in [0.3, 0.4) is 0 Å². The molecule has 0 radical (unpaired) electrons. The molecule has 5 rings (SSSR count). The van der Waals surface area contributed by atoms with Gasteiger partial charge < -0.3 is 15.2 Å². The monoisotopic (exact) mass is 482 g/mol. The molecule has 3 aromatic carbocycles. The van der Waals surface area contributed by atoms with Gasteiger partial charge in [0.25, 0.3) is 0 Å². The van der Waals surface area contributed by atoms with Crippen molar-refractivity contribution in [3.05, 3.63) is 120 Å². The van der Waals surface area contributed by atoms with Crippen LogP contribution in [0.2, 0.25) is 0 Å². The van der Waals surface area contributed by atoms with Crippen molar-refractivity contribution in [1.29, 1.82) is 0 Å². The number of hydrogen-bond acceptors (Lipinski definition) is 5. The maximum absolute atomic E-state index is 11.5. The zero-order valence-corrected chi connectivity index (χ0v) is 20.5. The summed E-state index contributed by atoms with van der Waals surface area (Å²) < 4.78 is 8.79. The second-order valence-corrected chi connectivity index (χ2v) is 9.44. The van der Waals surface area contributed by atoms with E-state index in [1.165, 1.54) is 0 Å². The van der Waals surface area contributed by atoms with Gasteiger partial charge in [-0.3, -0.25) is 0 Å². The topological polar surface area (TPSA) is 72.2 Å². The quantitative estimate of drug-likeness (QED) is 0.384. The molecule has 4 aromatic rings. The molecular formula is C30H34N4O2. The molecule has 1 aliphatic rings. The molecule has 186 valence electrons. The smallest absolute Gasteiger partial charge is 0.143 e. The van der Waals surface area contributed by atoms with E-state index in [-0.39, 0.29) is 12.6 Å². The number of hydrogen-bond donors (Lipinski definition) is 2. The van der Waals surface area contributed by atoms with Crippen molar-refractivity contribution in [2.75, 3.05) is 13.2 Å². The lowest BCUT2D eigenvalue weighted by molar-refractivity contribution is -0.0506. The van der Waals surface area contributed by atoms with Gasteiger partial charge in [-0.05, 0) is 42.5 Å². The first-order valence-corrected chi connectivity index (χ1v) is 12.9. The van der Waals surface area contributed by atoms with Crippen molar-refractivity contribution in [2.24, 2.45) is 0 Å². The Labute approximate surface area is 212 Å². The number of nitrogens with zero attached hydrogens (tertiary/aromatic N) is 3. The molecule has 6 heteroatoms. The molecule has 0 saturated carbocycles. The first-order valence-electron chi connectivity index (χ1n) is 12.9. The number of rotatable bonds is 7. The third-order valence-electron chi connectivity index (χ3n) is 7.06. The Bertz CT molecular complexity index is 1100. The van der Waals surface area contributed by atoms with E-state index in [9.17, 15) is 5.11 Å². The summed E-state index contributed by atoms with van der Waals surface area (Å²) >= 11 is 0. The Morgan fingerprint density at radius 2 is 1.44 bits per heavy atom. The van der Waals surface area contributed by atoms with Gasteiger partial charge in [0.2, 0.25) is 0 Å². The fourth-order valence-corrected chi connectivity index (χ4v) is 5.13. The van der Waals surface area contributed by atoms with Crippen LogP contribution in [-0.2, 0) is 23.3 Å². The Kier molecular flexibility index (Phi) is 7.86. The van der Waals surface area contributed by atoms with Gasteiger partial charge in [-0.15, -0.1) is 5.10 Å². The van der Waals surface area contributed by atoms with Gasteiger partial charge in [-0.1, -0.05) is 103 Å². The molecule has 0 amide bonds. The fraction of sp³-hybridized carbons (Fsp3) is 0.333. The Morgan fingerprint density at radius 3 is 2.03 bits per heavy atom. The predicted molar refractivity (Wildman–Crippen MR) is 141 cm³/mol. The first-order chi connectivity index (χ1) is 17.8. The Morgan fingerprint density at radius 1 is 0.861 bits per heavy atom. The van der Waals surface area contributed by atoms with Crippen LogP contribution in [0, 0.1) is 0 Å². The van der Waals surface area contributed by atoms with Crippen LogP contribution in [0.1, 0.15) is 41.6 Å². The standard InChI is InChI=1S/C30H34N4O2/c35-29(28-22-34-27(21-32-33-34)19-11-4-12-20-31-28)23-36-30(24-13-5-1-6-14-24,25-15-7-2-8-16-25)26-17-9-3-10-18-26/h1-3,5-10,13-18,21,28-29,31,35H,4,11-12,19-20,22-23H2/t28-,29-/m1/s1. The summed E-state index contributed by atoms with van der Waals surface area (Å²) in [6.07, 6.45) is 5.40. The van der Waals surface area contributed by atoms with Crippen molar-refractivity contribution in [3.63, 3.8) is 0 Å². The number of nitrogens with one attached hydrogen (secondary N) is 1. The normalized spacial score (nSPS) is 17.8. The molecular weight excluding hydrogens is 448 g/mol. The first kappa shape index (κ1) is 24.4. The van der Waals surface area contributed by atoms with Crippen LogP contribution < -0.4 is 5.32 Å². The van der Waals surface area contributed by atoms with Crippen molar-refractivity contribution in [2.45, 2.75) is 50.0 Å². The predicted octanol–water partition coefficient (Wildman–Crippen LogP) is 4.33. The van der Waals surface area contributed by atoms with Crippen LogP contribution in [-0.4, -0.2) is 45.4 Å². The Balaban J connectivity index is 1.48. The van der Waals surface area contributed by atoms with Gasteiger partial charge in [0.15, 0.2) is 0 Å². The van der Waals surface area contributed by atoms with Gasteiger partial charge >= 0.3 is 0 Å². The van der Waals surface area contributed by atoms with Crippen LogP contribution in [0.5, 0.6) is 0 Å². The number of benzene rings is 3. The fourth-order valence-electron chi connectivity index (χ4n) is 5.13. The maximum Gasteiger partial charge on any atom is 0.143 e. The summed E-state index contributed by atoms with van der Waals surface area (Å²) in [5.74, 6) is 0. The molecule has 2 N–H and O–H groups in total. The molecule has 0 aliphatic carbocycles. The van der Waals surface area contributed by atoms with Gasteiger partial charge in [-0.25, -0.2) is 4.68 Å². The minimum absolute atomic E-state index is 0.153. The van der Waals surface area contributed by atoms with Crippen LogP contribution >= 0.6 is 0 Å². The van der Waals surface area contributed by atoms with E-state index >= 15 is 0 Å². The van der Waals surface area contributed by atoms with E-state index in [4.69, 9.17) is 4.74 Å². The highest BCUT2D eigenvalue weighted by Gasteiger charge is 2.38. The molecule has 2 atom stereocenters. The van der Waals surface area contributed by atoms with E-state index in [1.54, 1.807) is 0 Å². The van der Waals surface area contributed by atoms with Crippen LogP contribution in [0.15, 0.2) is 97.2 Å². The minimum Gasteiger partial charge on any atom is -0.389 e. The van der Waals surface area contributed by atoms with Crippen molar-refractivity contribution < 1.29 is 9.84 Å². The summed E-state index contributed by atoms with van der Waals surface area (Å²) in [5.41, 5.74) is 3.31. The SMILES string of the molecule is O[C@H](COC(c1ccccc1)(c1ccccc1)c1ccccc1)[C@H]1Cn2nncc2CCCCCN1. The summed E-state index contributed by atoms with van der Waals surface area (Å²) in [5, 5.41) is 23.4. The van der Waals surface area contributed by atoms with Gasteiger partial charge in [-0.2, -0.15) is 0 Å². The highest BCUT2D eigenvalue weighted by molar-refractivity contribution is 5.47. The van der Waals surface area contributed by atoms with Crippen molar-refractivity contribution >= 4 is 0 Å². The molecule has 1 aromatic heterocycles. The number of aliphatic hydroxyl groups excluding tert-OH is 1. The third kappa shape index (κ3) is 5.26. The number of aromatic nitrogens is 3. The average Bonchev–Trinajstić information content (AvgIpc) is 3.39. The summed E-state index contributed by atoms with van der Waals surface area (Å²) in [6, 6.07) is 30.6. The number of aryl methyl sites for hydroxylation is 1. The van der Waals surface area contributed by atoms with Crippen molar-refractivity contribution in [3.8, 4) is 0 Å². The number of fused-ring (bicyclic) bond motifs is 1. The lowest BCUT2D eigenvalue weighted by Gasteiger charge is -2.37. The lowest BCUT2D eigenvalue weighted by atomic mass is 9.80. The lowest BCUT2D eigenvalue weighted by Crippen LogP contribution is -2.48. The molecule has 0 bridgehead atoms. The molecule has 36 heavy (non-hydrogen) atoms. The van der Waals surface area contributed by atoms with Gasteiger partial charge in [0.1, 0.15) is 5.60 Å². The van der Waals surface area contributed by atoms with Gasteiger partial charge in [0, 0.05) is 0 Å². The van der Waals surface area contributed by atoms with E-state index in [1.807, 2.05) is 65.5 Å². The molecule has 0 unspecified atom stereocenters. The van der Waals surface area contributed by atoms with E-state index in [0.717, 1.165) is 54.6 Å². The molecule has 0 fully saturated rings. The molecule has 2 heterocycles. The van der Waals surface area contributed by atoms with Gasteiger partial charge in [0.05, 0.1) is 37.2 Å². The zero-order valence-electron chi connectivity index (χ0n) is 20.5. The summed E-state index contributed by atoms with van der Waals surface area (Å²) in [6.45, 7) is 1.56. The highest BCUT2D eigenvalue weighted by Crippen LogP contribution is 2.40. The molecule has 0 saturated heterocycles. The Hall–Kier alpha value is -3.32. The third-order valence-corrected chi connectivity index (χ3v) is 7.06. The summed E-state index contributed by atoms with van der Waals surface area (Å²) in [7, 11) is 0. The van der Waals surface area contributed by atoms with E-state index in [0.29, 0.717) is 6.54 Å². The maximum atomic E-state index is 11.5. The van der Waals surface area contributed by atoms with E-state index in [2.05, 4.69) is 52.0 Å². The average molecular weight is 483 g/mol. The molecule has 1 aliphatic heterocycles. The number of aliphatic hydroxyl groups is 1. The molecule has 0 spiro atoms. The zero-order chi connectivity index (χ0) is 24.6. The second-order valence-electron chi connectivity index (χ2n) is 9.44. The van der Waals surface area contributed by atoms with E-state index < -0.39 is 11.7 Å². The minimum atomic E-state index is -0.862. The largest absolute Gasteiger partial charge is 0.389 e. The number of ether oxygens (including phenoxy) is 1. The molecule has 6 nitrogen and oxygen atoms in total. The second kappa shape index (κ2) is 11.6.